The number of hydrogen-bond donors (Lipinski definition) is 2. The minimum Gasteiger partial charge on any atom is -0.322 e. The average molecular weight is 317 g/mol. The van der Waals surface area contributed by atoms with Crippen LogP contribution in [0.4, 0.5) is 11.4 Å². The van der Waals surface area contributed by atoms with Crippen molar-refractivity contribution in [2.75, 3.05) is 10.6 Å². The van der Waals surface area contributed by atoms with Crippen LogP contribution in [-0.2, 0) is 9.59 Å². The molecule has 118 valence electrons. The number of carbonyl (C=O) groups is 2. The molecule has 1 aromatic heterocycles. The molecule has 0 radical (unpaired) electrons. The third-order valence-electron chi connectivity index (χ3n) is 3.52. The van der Waals surface area contributed by atoms with E-state index >= 15 is 0 Å². The number of pyridine rings is 1. The van der Waals surface area contributed by atoms with E-state index < -0.39 is 0 Å². The number of nitrogens with one attached hydrogen (secondary N) is 2. The number of hydrogen-bond acceptors (Lipinski definition) is 3. The minimum absolute atomic E-state index is 0.274. The van der Waals surface area contributed by atoms with E-state index in [0.717, 1.165) is 21.8 Å². The summed E-state index contributed by atoms with van der Waals surface area (Å²) in [4.78, 5) is 27.4. The van der Waals surface area contributed by atoms with Crippen LogP contribution in [0.5, 0.6) is 0 Å². The standard InChI is InChI=1S/C19H15N3O2/c1-3-18(23)20-14-7-5-12-9-13-6-8-15(21-19(24)4-2)11-17(13)22-16(12)10-14/h3-11H,1-2H2,(H,20,23)(H,21,24). The van der Waals surface area contributed by atoms with Crippen molar-refractivity contribution in [1.29, 1.82) is 0 Å². The molecule has 0 bridgehead atoms. The van der Waals surface area contributed by atoms with Crippen LogP contribution < -0.4 is 10.6 Å². The molecule has 1 heterocycles. The lowest BCUT2D eigenvalue weighted by molar-refractivity contribution is -0.112. The molecular formula is C19H15N3O2. The Morgan fingerprint density at radius 1 is 0.792 bits per heavy atom. The Kier molecular flexibility index (Phi) is 4.07. The summed E-state index contributed by atoms with van der Waals surface area (Å²) in [6.45, 7) is 6.86. The summed E-state index contributed by atoms with van der Waals surface area (Å²) < 4.78 is 0. The second-order valence-corrected chi connectivity index (χ2v) is 5.19. The molecule has 0 aliphatic heterocycles. The fourth-order valence-corrected chi connectivity index (χ4v) is 2.36. The summed E-state index contributed by atoms with van der Waals surface area (Å²) in [6, 6.07) is 13.0. The van der Waals surface area contributed by atoms with Crippen molar-refractivity contribution < 1.29 is 9.59 Å². The van der Waals surface area contributed by atoms with Gasteiger partial charge in [0.2, 0.25) is 11.8 Å². The minimum atomic E-state index is -0.274. The van der Waals surface area contributed by atoms with E-state index in [9.17, 15) is 9.59 Å². The lowest BCUT2D eigenvalue weighted by Crippen LogP contribution is -2.07. The van der Waals surface area contributed by atoms with Gasteiger partial charge in [-0.3, -0.25) is 9.59 Å². The van der Waals surface area contributed by atoms with Crippen molar-refractivity contribution in [3.63, 3.8) is 0 Å². The number of anilines is 2. The number of carbonyl (C=O) groups excluding carboxylic acids is 2. The van der Waals surface area contributed by atoms with Crippen molar-refractivity contribution in [1.82, 2.24) is 4.98 Å². The van der Waals surface area contributed by atoms with Crippen LogP contribution >= 0.6 is 0 Å². The predicted octanol–water partition coefficient (Wildman–Crippen LogP) is 3.64. The Bertz CT molecular complexity index is 915. The molecule has 0 spiro atoms. The predicted molar refractivity (Wildman–Crippen MR) is 96.9 cm³/mol. The lowest BCUT2D eigenvalue weighted by atomic mass is 10.1. The van der Waals surface area contributed by atoms with Crippen LogP contribution in [0, 0.1) is 0 Å². The van der Waals surface area contributed by atoms with Gasteiger partial charge < -0.3 is 10.6 Å². The van der Waals surface area contributed by atoms with Crippen molar-refractivity contribution in [2.24, 2.45) is 0 Å². The van der Waals surface area contributed by atoms with Gasteiger partial charge in [-0.2, -0.15) is 0 Å². The van der Waals surface area contributed by atoms with Crippen LogP contribution in [0.3, 0.4) is 0 Å². The lowest BCUT2D eigenvalue weighted by Gasteiger charge is -2.07. The summed E-state index contributed by atoms with van der Waals surface area (Å²) in [5.41, 5.74) is 2.79. The molecule has 0 aliphatic rings. The number of amides is 2. The molecule has 0 saturated carbocycles. The first-order valence-corrected chi connectivity index (χ1v) is 7.30. The molecule has 0 atom stereocenters. The van der Waals surface area contributed by atoms with Gasteiger partial charge in [-0.05, 0) is 42.5 Å². The first-order chi connectivity index (χ1) is 11.6. The first kappa shape index (κ1) is 15.4. The zero-order chi connectivity index (χ0) is 17.1. The van der Waals surface area contributed by atoms with Crippen molar-refractivity contribution in [3.05, 3.63) is 67.8 Å². The van der Waals surface area contributed by atoms with Gasteiger partial charge in [0.05, 0.1) is 11.0 Å². The van der Waals surface area contributed by atoms with E-state index in [1.54, 1.807) is 12.1 Å². The van der Waals surface area contributed by atoms with Crippen LogP contribution in [0.2, 0.25) is 0 Å². The molecule has 2 aromatic carbocycles. The van der Waals surface area contributed by atoms with Gasteiger partial charge in [0.15, 0.2) is 0 Å². The number of rotatable bonds is 4. The zero-order valence-electron chi connectivity index (χ0n) is 12.9. The maximum absolute atomic E-state index is 11.4. The quantitative estimate of drug-likeness (QED) is 0.570. The van der Waals surface area contributed by atoms with E-state index in [1.165, 1.54) is 12.2 Å². The van der Waals surface area contributed by atoms with Gasteiger partial charge in [0, 0.05) is 22.1 Å². The molecule has 0 aliphatic carbocycles. The van der Waals surface area contributed by atoms with Crippen molar-refractivity contribution >= 4 is 45.0 Å². The van der Waals surface area contributed by atoms with Gasteiger partial charge in [-0.15, -0.1) is 0 Å². The molecule has 5 nitrogen and oxygen atoms in total. The van der Waals surface area contributed by atoms with E-state index in [2.05, 4.69) is 28.8 Å². The highest BCUT2D eigenvalue weighted by Crippen LogP contribution is 2.24. The molecule has 0 fully saturated rings. The van der Waals surface area contributed by atoms with E-state index in [0.29, 0.717) is 11.4 Å². The fourth-order valence-electron chi connectivity index (χ4n) is 2.36. The maximum atomic E-state index is 11.4. The number of benzene rings is 2. The average Bonchev–Trinajstić information content (AvgIpc) is 2.59. The number of nitrogens with zero attached hydrogens (tertiary/aromatic N) is 1. The Morgan fingerprint density at radius 3 is 1.67 bits per heavy atom. The molecular weight excluding hydrogens is 302 g/mol. The summed E-state index contributed by atoms with van der Waals surface area (Å²) in [5, 5.41) is 7.34. The number of aromatic nitrogens is 1. The normalized spacial score (nSPS) is 10.3. The van der Waals surface area contributed by atoms with Crippen molar-refractivity contribution in [3.8, 4) is 0 Å². The van der Waals surface area contributed by atoms with Crippen molar-refractivity contribution in [2.45, 2.75) is 0 Å². The van der Waals surface area contributed by atoms with Crippen LogP contribution in [0.25, 0.3) is 21.8 Å². The highest BCUT2D eigenvalue weighted by molar-refractivity contribution is 6.02. The van der Waals surface area contributed by atoms with Gasteiger partial charge >= 0.3 is 0 Å². The topological polar surface area (TPSA) is 71.1 Å². The van der Waals surface area contributed by atoms with E-state index in [1.807, 2.05) is 30.3 Å². The second-order valence-electron chi connectivity index (χ2n) is 5.19. The molecule has 0 saturated heterocycles. The summed E-state index contributed by atoms with van der Waals surface area (Å²) in [5.74, 6) is -0.547. The summed E-state index contributed by atoms with van der Waals surface area (Å²) in [6.07, 6.45) is 2.43. The molecule has 0 unspecified atom stereocenters. The Hall–Kier alpha value is -3.47. The third-order valence-corrected chi connectivity index (χ3v) is 3.52. The monoisotopic (exact) mass is 317 g/mol. The van der Waals surface area contributed by atoms with Gasteiger partial charge in [0.1, 0.15) is 0 Å². The molecule has 2 amide bonds. The second kappa shape index (κ2) is 6.34. The highest BCUT2D eigenvalue weighted by Gasteiger charge is 2.05. The summed E-state index contributed by atoms with van der Waals surface area (Å²) >= 11 is 0. The fraction of sp³-hybridized carbons (Fsp3) is 0. The van der Waals surface area contributed by atoms with Gasteiger partial charge in [-0.1, -0.05) is 25.3 Å². The molecule has 24 heavy (non-hydrogen) atoms. The first-order valence-electron chi connectivity index (χ1n) is 7.30. The van der Waals surface area contributed by atoms with Crippen LogP contribution in [-0.4, -0.2) is 16.8 Å². The molecule has 3 aromatic rings. The molecule has 3 rings (SSSR count). The zero-order valence-corrected chi connectivity index (χ0v) is 12.9. The summed E-state index contributed by atoms with van der Waals surface area (Å²) in [7, 11) is 0. The third kappa shape index (κ3) is 3.15. The highest BCUT2D eigenvalue weighted by atomic mass is 16.2. The van der Waals surface area contributed by atoms with Crippen LogP contribution in [0.15, 0.2) is 67.8 Å². The van der Waals surface area contributed by atoms with Crippen LogP contribution in [0.1, 0.15) is 0 Å². The SMILES string of the molecule is C=CC(=O)Nc1ccc2cc3ccc(NC(=O)C=C)cc3nc2c1. The Labute approximate surface area is 138 Å². The number of fused-ring (bicyclic) bond motifs is 2. The molecule has 2 N–H and O–H groups in total. The smallest absolute Gasteiger partial charge is 0.247 e. The molecule has 5 heteroatoms. The maximum Gasteiger partial charge on any atom is 0.247 e. The van der Waals surface area contributed by atoms with E-state index in [4.69, 9.17) is 0 Å². The Balaban J connectivity index is 2.04. The Morgan fingerprint density at radius 2 is 1.25 bits per heavy atom. The largest absolute Gasteiger partial charge is 0.322 e. The van der Waals surface area contributed by atoms with E-state index in [-0.39, 0.29) is 11.8 Å². The van der Waals surface area contributed by atoms with Gasteiger partial charge in [0.25, 0.3) is 0 Å². The van der Waals surface area contributed by atoms with Gasteiger partial charge in [-0.25, -0.2) is 4.98 Å².